The van der Waals surface area contributed by atoms with Gasteiger partial charge in [-0.25, -0.2) is 4.98 Å². The molecule has 0 fully saturated rings. The molecule has 0 saturated heterocycles. The van der Waals surface area contributed by atoms with Crippen LogP contribution in [0.2, 0.25) is 0 Å². The molecule has 0 aliphatic rings. The summed E-state index contributed by atoms with van der Waals surface area (Å²) in [4.78, 5) is 20.1. The van der Waals surface area contributed by atoms with Crippen LogP contribution in [0.3, 0.4) is 0 Å². The first-order valence-electron chi connectivity index (χ1n) is 8.37. The fourth-order valence-corrected chi connectivity index (χ4v) is 3.21. The van der Waals surface area contributed by atoms with Gasteiger partial charge in [0.2, 0.25) is 0 Å². The SMILES string of the molecule is Bc1ccc2nc(N[C@@H](C)c3ccccc3)c3cc[nH]c(=O)c3c2c1. The van der Waals surface area contributed by atoms with E-state index in [2.05, 4.69) is 29.4 Å². The molecule has 5 heteroatoms. The number of benzene rings is 2. The Bertz CT molecular complexity index is 1120. The lowest BCUT2D eigenvalue weighted by Crippen LogP contribution is -2.12. The van der Waals surface area contributed by atoms with Crippen LogP contribution in [0.1, 0.15) is 18.5 Å². The average Bonchev–Trinajstić information content (AvgIpc) is 2.63. The lowest BCUT2D eigenvalue weighted by atomic mass is 9.93. The van der Waals surface area contributed by atoms with Crippen LogP contribution in [0.4, 0.5) is 5.82 Å². The molecule has 4 aromatic rings. The van der Waals surface area contributed by atoms with Crippen molar-refractivity contribution in [2.45, 2.75) is 13.0 Å². The van der Waals surface area contributed by atoms with Gasteiger partial charge in [0.1, 0.15) is 13.7 Å². The summed E-state index contributed by atoms with van der Waals surface area (Å²) in [5.41, 5.74) is 3.01. The zero-order valence-corrected chi connectivity index (χ0v) is 14.2. The highest BCUT2D eigenvalue weighted by Gasteiger charge is 2.13. The Morgan fingerprint density at radius 3 is 2.68 bits per heavy atom. The molecule has 0 bridgehead atoms. The van der Waals surface area contributed by atoms with E-state index in [1.54, 1.807) is 6.20 Å². The first-order valence-corrected chi connectivity index (χ1v) is 8.37. The summed E-state index contributed by atoms with van der Waals surface area (Å²) in [6, 6.07) is 18.2. The summed E-state index contributed by atoms with van der Waals surface area (Å²) in [6.45, 7) is 2.09. The van der Waals surface area contributed by atoms with Gasteiger partial charge in [-0.3, -0.25) is 4.79 Å². The maximum Gasteiger partial charge on any atom is 0.256 e. The monoisotopic (exact) mass is 327 g/mol. The molecular formula is C20H18BN3O. The molecule has 0 aliphatic carbocycles. The van der Waals surface area contributed by atoms with Crippen molar-refractivity contribution in [1.29, 1.82) is 0 Å². The number of hydrogen-bond acceptors (Lipinski definition) is 3. The Morgan fingerprint density at radius 2 is 1.88 bits per heavy atom. The van der Waals surface area contributed by atoms with Crippen molar-refractivity contribution < 1.29 is 0 Å². The van der Waals surface area contributed by atoms with E-state index in [1.807, 2.05) is 50.3 Å². The van der Waals surface area contributed by atoms with Gasteiger partial charge in [0.15, 0.2) is 0 Å². The van der Waals surface area contributed by atoms with Gasteiger partial charge in [-0.1, -0.05) is 47.9 Å². The van der Waals surface area contributed by atoms with Crippen molar-refractivity contribution in [2.24, 2.45) is 0 Å². The number of aromatic nitrogens is 2. The highest BCUT2D eigenvalue weighted by Crippen LogP contribution is 2.28. The predicted octanol–water partition coefficient (Wildman–Crippen LogP) is 2.51. The largest absolute Gasteiger partial charge is 0.363 e. The van der Waals surface area contributed by atoms with Gasteiger partial charge in [-0.05, 0) is 24.6 Å². The van der Waals surface area contributed by atoms with Crippen LogP contribution < -0.4 is 16.3 Å². The number of H-pyrrole nitrogens is 1. The number of fused-ring (bicyclic) bond motifs is 3. The topological polar surface area (TPSA) is 57.8 Å². The van der Waals surface area contributed by atoms with E-state index in [4.69, 9.17) is 4.98 Å². The van der Waals surface area contributed by atoms with E-state index in [9.17, 15) is 4.79 Å². The zero-order chi connectivity index (χ0) is 17.4. The number of anilines is 1. The summed E-state index contributed by atoms with van der Waals surface area (Å²) in [6.07, 6.45) is 1.67. The number of hydrogen-bond donors (Lipinski definition) is 2. The van der Waals surface area contributed by atoms with Crippen LogP contribution in [0, 0.1) is 0 Å². The Hall–Kier alpha value is -3.08. The number of pyridine rings is 2. The third-order valence-electron chi connectivity index (χ3n) is 4.52. The molecule has 122 valence electrons. The highest BCUT2D eigenvalue weighted by molar-refractivity contribution is 6.33. The summed E-state index contributed by atoms with van der Waals surface area (Å²) >= 11 is 0. The summed E-state index contributed by atoms with van der Waals surface area (Å²) in [7, 11) is 2.02. The lowest BCUT2D eigenvalue weighted by molar-refractivity contribution is 0.879. The maximum absolute atomic E-state index is 12.5. The van der Waals surface area contributed by atoms with Gasteiger partial charge in [-0.2, -0.15) is 0 Å². The molecule has 4 rings (SSSR count). The molecule has 0 spiro atoms. The van der Waals surface area contributed by atoms with Crippen molar-refractivity contribution in [3.63, 3.8) is 0 Å². The number of aromatic amines is 1. The number of nitrogens with zero attached hydrogens (tertiary/aromatic N) is 1. The van der Waals surface area contributed by atoms with E-state index in [-0.39, 0.29) is 11.6 Å². The van der Waals surface area contributed by atoms with Gasteiger partial charge in [-0.15, -0.1) is 0 Å². The van der Waals surface area contributed by atoms with E-state index in [0.717, 1.165) is 27.6 Å². The van der Waals surface area contributed by atoms with Crippen molar-refractivity contribution >= 4 is 40.8 Å². The lowest BCUT2D eigenvalue weighted by Gasteiger charge is -2.17. The van der Waals surface area contributed by atoms with E-state index in [1.165, 1.54) is 5.56 Å². The molecular weight excluding hydrogens is 309 g/mol. The first kappa shape index (κ1) is 15.5. The van der Waals surface area contributed by atoms with Gasteiger partial charge < -0.3 is 10.3 Å². The van der Waals surface area contributed by atoms with E-state index >= 15 is 0 Å². The Labute approximate surface area is 146 Å². The van der Waals surface area contributed by atoms with Gasteiger partial charge >= 0.3 is 0 Å². The summed E-state index contributed by atoms with van der Waals surface area (Å²) in [5, 5.41) is 5.87. The second kappa shape index (κ2) is 6.09. The first-order chi connectivity index (χ1) is 12.1. The highest BCUT2D eigenvalue weighted by atomic mass is 16.1. The third-order valence-corrected chi connectivity index (χ3v) is 4.52. The second-order valence-corrected chi connectivity index (χ2v) is 6.35. The Balaban J connectivity index is 1.93. The van der Waals surface area contributed by atoms with Gasteiger partial charge in [0.05, 0.1) is 10.9 Å². The third kappa shape index (κ3) is 2.78. The molecule has 2 aromatic heterocycles. The fourth-order valence-electron chi connectivity index (χ4n) is 3.21. The minimum Gasteiger partial charge on any atom is -0.363 e. The molecule has 1 atom stereocenters. The van der Waals surface area contributed by atoms with Crippen molar-refractivity contribution in [2.75, 3.05) is 5.32 Å². The van der Waals surface area contributed by atoms with E-state index in [0.29, 0.717) is 5.39 Å². The van der Waals surface area contributed by atoms with Gasteiger partial charge in [0, 0.05) is 23.0 Å². The molecule has 25 heavy (non-hydrogen) atoms. The van der Waals surface area contributed by atoms with Crippen LogP contribution in [0.25, 0.3) is 21.7 Å². The smallest absolute Gasteiger partial charge is 0.256 e. The quantitative estimate of drug-likeness (QED) is 0.449. The Morgan fingerprint density at radius 1 is 1.08 bits per heavy atom. The molecule has 0 saturated carbocycles. The molecule has 0 amide bonds. The van der Waals surface area contributed by atoms with Crippen molar-refractivity contribution in [3.8, 4) is 0 Å². The number of nitrogens with one attached hydrogen (secondary N) is 2. The fraction of sp³-hybridized carbons (Fsp3) is 0.100. The molecule has 0 unspecified atom stereocenters. The molecule has 0 radical (unpaired) electrons. The standard InChI is InChI=1S/C20H18BN3O/c1-12(13-5-3-2-4-6-13)23-19-15-9-10-22-20(25)18(15)16-11-14(21)7-8-17(16)24-19/h2-12H,21H2,1H3,(H,22,25)(H,23,24)/t12-/m0/s1. The average molecular weight is 327 g/mol. The molecule has 2 N–H and O–H groups in total. The van der Waals surface area contributed by atoms with Crippen LogP contribution in [0.5, 0.6) is 0 Å². The predicted molar refractivity (Wildman–Crippen MR) is 107 cm³/mol. The van der Waals surface area contributed by atoms with Crippen LogP contribution >= 0.6 is 0 Å². The molecule has 2 aromatic carbocycles. The zero-order valence-electron chi connectivity index (χ0n) is 14.2. The maximum atomic E-state index is 12.5. The Kier molecular flexibility index (Phi) is 3.77. The summed E-state index contributed by atoms with van der Waals surface area (Å²) < 4.78 is 0. The van der Waals surface area contributed by atoms with Crippen LogP contribution in [-0.2, 0) is 0 Å². The number of rotatable bonds is 3. The van der Waals surface area contributed by atoms with Crippen molar-refractivity contribution in [3.05, 3.63) is 76.7 Å². The van der Waals surface area contributed by atoms with Crippen LogP contribution in [0.15, 0.2) is 65.6 Å². The molecule has 2 heterocycles. The summed E-state index contributed by atoms with van der Waals surface area (Å²) in [5.74, 6) is 0.730. The van der Waals surface area contributed by atoms with Gasteiger partial charge in [0.25, 0.3) is 5.56 Å². The van der Waals surface area contributed by atoms with Crippen LogP contribution in [-0.4, -0.2) is 17.8 Å². The van der Waals surface area contributed by atoms with Crippen molar-refractivity contribution in [1.82, 2.24) is 9.97 Å². The molecule has 0 aliphatic heterocycles. The minimum absolute atomic E-state index is 0.0825. The second-order valence-electron chi connectivity index (χ2n) is 6.35. The minimum atomic E-state index is -0.0917. The molecule has 4 nitrogen and oxygen atoms in total. The normalized spacial score (nSPS) is 12.4. The van der Waals surface area contributed by atoms with E-state index < -0.39 is 0 Å².